The predicted molar refractivity (Wildman–Crippen MR) is 88.3 cm³/mol. The SMILES string of the molecule is CCO[P+](Cc1ccc(C(=O)OC)cc1C(F)(F)F)(OCC)OCC. The zero-order chi connectivity index (χ0) is 19.1. The van der Waals surface area contributed by atoms with E-state index in [1.807, 2.05) is 0 Å². The second-order valence-corrected chi connectivity index (χ2v) is 7.20. The lowest BCUT2D eigenvalue weighted by Gasteiger charge is -2.22. The molecule has 0 unspecified atom stereocenters. The Balaban J connectivity index is 3.35. The molecule has 0 aliphatic heterocycles. The number of hydrogen-bond donors (Lipinski definition) is 0. The molecule has 1 aromatic rings. The van der Waals surface area contributed by atoms with Gasteiger partial charge in [-0.1, -0.05) is 6.07 Å². The number of halogens is 3. The number of alkyl halides is 3. The Labute approximate surface area is 146 Å². The van der Waals surface area contributed by atoms with E-state index in [1.165, 1.54) is 12.1 Å². The van der Waals surface area contributed by atoms with Gasteiger partial charge in [-0.15, -0.1) is 0 Å². The van der Waals surface area contributed by atoms with E-state index in [0.717, 1.165) is 13.2 Å². The van der Waals surface area contributed by atoms with Gasteiger partial charge >= 0.3 is 20.1 Å². The molecule has 0 atom stereocenters. The van der Waals surface area contributed by atoms with Gasteiger partial charge in [-0.25, -0.2) is 4.79 Å². The van der Waals surface area contributed by atoms with Crippen molar-refractivity contribution >= 4 is 13.9 Å². The smallest absolute Gasteiger partial charge is 0.416 e. The third-order valence-electron chi connectivity index (χ3n) is 3.18. The van der Waals surface area contributed by atoms with Gasteiger partial charge in [0.25, 0.3) is 0 Å². The summed E-state index contributed by atoms with van der Waals surface area (Å²) < 4.78 is 61.7. The minimum absolute atomic E-state index is 0.0520. The molecule has 142 valence electrons. The van der Waals surface area contributed by atoms with Crippen LogP contribution in [0, 0.1) is 0 Å². The lowest BCUT2D eigenvalue weighted by atomic mass is 10.0. The van der Waals surface area contributed by atoms with Crippen molar-refractivity contribution in [2.75, 3.05) is 26.9 Å². The predicted octanol–water partition coefficient (Wildman–Crippen LogP) is 4.86. The molecule has 1 rings (SSSR count). The van der Waals surface area contributed by atoms with Crippen molar-refractivity contribution in [2.45, 2.75) is 33.1 Å². The lowest BCUT2D eigenvalue weighted by molar-refractivity contribution is -0.138. The maximum Gasteiger partial charge on any atom is 0.416 e. The highest BCUT2D eigenvalue weighted by molar-refractivity contribution is 7.60. The van der Waals surface area contributed by atoms with Crippen LogP contribution in [0.2, 0.25) is 0 Å². The molecule has 0 aliphatic carbocycles. The summed E-state index contributed by atoms with van der Waals surface area (Å²) in [4.78, 5) is 11.5. The third kappa shape index (κ3) is 5.92. The van der Waals surface area contributed by atoms with E-state index in [0.29, 0.717) is 0 Å². The summed E-state index contributed by atoms with van der Waals surface area (Å²) in [5, 5.41) is 0. The molecule has 0 bridgehead atoms. The van der Waals surface area contributed by atoms with Gasteiger partial charge in [0.1, 0.15) is 0 Å². The van der Waals surface area contributed by atoms with Crippen LogP contribution in [0.5, 0.6) is 0 Å². The number of carbonyl (C=O) groups excluding carboxylic acids is 1. The Morgan fingerprint density at radius 1 is 1.04 bits per heavy atom. The minimum Gasteiger partial charge on any atom is -0.465 e. The summed E-state index contributed by atoms with van der Waals surface area (Å²) in [7, 11) is -1.87. The van der Waals surface area contributed by atoms with E-state index in [9.17, 15) is 18.0 Å². The average Bonchev–Trinajstić information content (AvgIpc) is 2.54. The highest BCUT2D eigenvalue weighted by atomic mass is 31.2. The van der Waals surface area contributed by atoms with Gasteiger partial charge < -0.3 is 4.74 Å². The molecule has 0 spiro atoms. The molecule has 0 aliphatic rings. The van der Waals surface area contributed by atoms with E-state index in [-0.39, 0.29) is 37.1 Å². The number of carbonyl (C=O) groups is 1. The van der Waals surface area contributed by atoms with Crippen molar-refractivity contribution < 1.29 is 36.3 Å². The summed E-state index contributed by atoms with van der Waals surface area (Å²) in [5.74, 6) is -0.836. The third-order valence-corrected chi connectivity index (χ3v) is 5.86. The zero-order valence-electron chi connectivity index (χ0n) is 14.7. The Hall–Kier alpha value is -1.21. The first-order valence-corrected chi connectivity index (χ1v) is 9.55. The van der Waals surface area contributed by atoms with Crippen LogP contribution in [0.4, 0.5) is 13.2 Å². The fraction of sp³-hybridized carbons (Fsp3) is 0.562. The second-order valence-electron chi connectivity index (χ2n) is 4.88. The van der Waals surface area contributed by atoms with Crippen molar-refractivity contribution in [3.05, 3.63) is 34.9 Å². The fourth-order valence-corrected chi connectivity index (χ4v) is 4.64. The number of benzene rings is 1. The molecule has 9 heteroatoms. The number of rotatable bonds is 9. The highest BCUT2D eigenvalue weighted by Gasteiger charge is 2.47. The molecular formula is C16H23F3O5P+. The molecule has 0 amide bonds. The number of ether oxygens (including phenoxy) is 1. The van der Waals surface area contributed by atoms with Crippen LogP contribution in [0.25, 0.3) is 0 Å². The summed E-state index contributed by atoms with van der Waals surface area (Å²) >= 11 is 0. The second kappa shape index (κ2) is 9.48. The van der Waals surface area contributed by atoms with E-state index >= 15 is 0 Å². The standard InChI is InChI=1S/C16H23F3O5P/c1-5-22-25(23-6-2,24-7-3)11-13-9-8-12(15(20)21-4)10-14(13)16(17,18)19/h8-10H,5-7,11H2,1-4H3/q+1. The molecule has 0 aromatic heterocycles. The van der Waals surface area contributed by atoms with E-state index in [1.54, 1.807) is 20.8 Å². The highest BCUT2D eigenvalue weighted by Crippen LogP contribution is 2.65. The van der Waals surface area contributed by atoms with Crippen molar-refractivity contribution in [1.82, 2.24) is 0 Å². The van der Waals surface area contributed by atoms with Crippen LogP contribution in [0.15, 0.2) is 18.2 Å². The van der Waals surface area contributed by atoms with E-state index < -0.39 is 25.7 Å². The Kier molecular flexibility index (Phi) is 8.28. The molecule has 0 fully saturated rings. The summed E-state index contributed by atoms with van der Waals surface area (Å²) in [6.07, 6.45) is -4.81. The minimum atomic E-state index is -4.64. The van der Waals surface area contributed by atoms with Crippen molar-refractivity contribution in [2.24, 2.45) is 0 Å². The van der Waals surface area contributed by atoms with Crippen LogP contribution in [-0.2, 0) is 30.6 Å². The first kappa shape index (κ1) is 21.8. The molecule has 25 heavy (non-hydrogen) atoms. The van der Waals surface area contributed by atoms with Crippen LogP contribution in [-0.4, -0.2) is 32.9 Å². The first-order chi connectivity index (χ1) is 11.7. The molecule has 5 nitrogen and oxygen atoms in total. The quantitative estimate of drug-likeness (QED) is 0.450. The van der Waals surface area contributed by atoms with Crippen molar-refractivity contribution in [3.63, 3.8) is 0 Å². The van der Waals surface area contributed by atoms with Crippen LogP contribution >= 0.6 is 7.94 Å². The number of hydrogen-bond acceptors (Lipinski definition) is 5. The Morgan fingerprint density at radius 3 is 1.96 bits per heavy atom. The zero-order valence-corrected chi connectivity index (χ0v) is 15.6. The van der Waals surface area contributed by atoms with Crippen molar-refractivity contribution in [1.29, 1.82) is 0 Å². The number of methoxy groups -OCH3 is 1. The lowest BCUT2D eigenvalue weighted by Crippen LogP contribution is -2.16. The molecule has 0 saturated heterocycles. The molecule has 1 aromatic carbocycles. The van der Waals surface area contributed by atoms with Gasteiger partial charge in [0.05, 0.1) is 38.1 Å². The van der Waals surface area contributed by atoms with Crippen molar-refractivity contribution in [3.8, 4) is 0 Å². The summed E-state index contributed by atoms with van der Waals surface area (Å²) in [6.45, 7) is 5.90. The van der Waals surface area contributed by atoms with E-state index in [4.69, 9.17) is 13.6 Å². The maximum absolute atomic E-state index is 13.5. The van der Waals surface area contributed by atoms with Gasteiger partial charge in [-0.2, -0.15) is 26.7 Å². The largest absolute Gasteiger partial charge is 0.465 e. The van der Waals surface area contributed by atoms with Gasteiger partial charge in [-0.3, -0.25) is 0 Å². The summed E-state index contributed by atoms with van der Waals surface area (Å²) in [6, 6.07) is 3.30. The molecular weight excluding hydrogens is 360 g/mol. The normalized spacial score (nSPS) is 12.3. The monoisotopic (exact) mass is 383 g/mol. The molecule has 0 N–H and O–H groups in total. The molecule has 0 heterocycles. The maximum atomic E-state index is 13.5. The topological polar surface area (TPSA) is 54.0 Å². The van der Waals surface area contributed by atoms with Gasteiger partial charge in [0.2, 0.25) is 0 Å². The van der Waals surface area contributed by atoms with Crippen LogP contribution in [0.1, 0.15) is 42.3 Å². The van der Waals surface area contributed by atoms with Gasteiger partial charge in [-0.05, 0) is 32.9 Å². The first-order valence-electron chi connectivity index (χ1n) is 7.83. The average molecular weight is 383 g/mol. The van der Waals surface area contributed by atoms with Crippen LogP contribution in [0.3, 0.4) is 0 Å². The van der Waals surface area contributed by atoms with E-state index in [2.05, 4.69) is 4.74 Å². The van der Waals surface area contributed by atoms with Crippen LogP contribution < -0.4 is 0 Å². The Morgan fingerprint density at radius 2 is 1.56 bits per heavy atom. The fourth-order valence-electron chi connectivity index (χ4n) is 2.27. The Bertz CT molecular complexity index is 560. The van der Waals surface area contributed by atoms with Gasteiger partial charge in [0, 0.05) is 5.56 Å². The molecule has 0 radical (unpaired) electrons. The molecule has 0 saturated carbocycles. The summed E-state index contributed by atoms with van der Waals surface area (Å²) in [5.41, 5.74) is -1.16. The van der Waals surface area contributed by atoms with Gasteiger partial charge in [0.15, 0.2) is 6.16 Å². The number of esters is 1.